The highest BCUT2D eigenvalue weighted by atomic mass is 32.1. The van der Waals surface area contributed by atoms with Crippen molar-refractivity contribution < 1.29 is 9.59 Å². The zero-order chi connectivity index (χ0) is 17.6. The van der Waals surface area contributed by atoms with Gasteiger partial charge in [0.15, 0.2) is 0 Å². The number of nitrogens with zero attached hydrogens (tertiary/aromatic N) is 3. The lowest BCUT2D eigenvalue weighted by Crippen LogP contribution is -2.45. The number of hydrogen-bond acceptors (Lipinski definition) is 5. The number of piperidine rings is 1. The Morgan fingerprint density at radius 2 is 2.16 bits per heavy atom. The van der Waals surface area contributed by atoms with Gasteiger partial charge < -0.3 is 10.2 Å². The normalized spacial score (nSPS) is 17.3. The summed E-state index contributed by atoms with van der Waals surface area (Å²) in [4.78, 5) is 34.2. The standard InChI is InChI=1S/C18H22N4O2S/c1-13(23)22-10-2-3-15(11-22)17(24)20-9-6-16-12-25-18(21-16)14-4-7-19-8-5-14/h4-5,7-8,12,15H,2-3,6,9-11H2,1H3,(H,20,24)/t15-/m0/s1. The first-order valence-corrected chi connectivity index (χ1v) is 9.39. The van der Waals surface area contributed by atoms with Crippen LogP contribution in [-0.4, -0.2) is 46.3 Å². The largest absolute Gasteiger partial charge is 0.355 e. The van der Waals surface area contributed by atoms with Crippen LogP contribution in [0.5, 0.6) is 0 Å². The molecule has 3 rings (SSSR count). The number of carbonyl (C=O) groups excluding carboxylic acids is 2. The number of aromatic nitrogens is 2. The van der Waals surface area contributed by atoms with Crippen molar-refractivity contribution in [2.24, 2.45) is 5.92 Å². The van der Waals surface area contributed by atoms with Crippen molar-refractivity contribution in [3.63, 3.8) is 0 Å². The number of pyridine rings is 1. The second-order valence-corrected chi connectivity index (χ2v) is 7.08. The van der Waals surface area contributed by atoms with Gasteiger partial charge in [0.25, 0.3) is 0 Å². The molecule has 1 aliphatic heterocycles. The van der Waals surface area contributed by atoms with Crippen molar-refractivity contribution in [2.45, 2.75) is 26.2 Å². The van der Waals surface area contributed by atoms with Crippen LogP contribution in [0.2, 0.25) is 0 Å². The molecule has 2 amide bonds. The molecule has 132 valence electrons. The highest BCUT2D eigenvalue weighted by molar-refractivity contribution is 7.13. The smallest absolute Gasteiger partial charge is 0.224 e. The van der Waals surface area contributed by atoms with Crippen molar-refractivity contribution in [3.05, 3.63) is 35.6 Å². The van der Waals surface area contributed by atoms with Gasteiger partial charge in [0.05, 0.1) is 11.6 Å². The SMILES string of the molecule is CC(=O)N1CCC[C@H](C(=O)NCCc2csc(-c3ccncc3)n2)C1. The number of amides is 2. The third-order valence-electron chi connectivity index (χ3n) is 4.40. The van der Waals surface area contributed by atoms with Gasteiger partial charge in [-0.05, 0) is 25.0 Å². The summed E-state index contributed by atoms with van der Waals surface area (Å²) < 4.78 is 0. The molecule has 1 saturated heterocycles. The third-order valence-corrected chi connectivity index (χ3v) is 5.34. The van der Waals surface area contributed by atoms with E-state index in [-0.39, 0.29) is 17.7 Å². The Balaban J connectivity index is 1.47. The summed E-state index contributed by atoms with van der Waals surface area (Å²) in [6.07, 6.45) is 5.95. The predicted molar refractivity (Wildman–Crippen MR) is 97.0 cm³/mol. The number of nitrogens with one attached hydrogen (secondary N) is 1. The lowest BCUT2D eigenvalue weighted by Gasteiger charge is -2.31. The predicted octanol–water partition coefficient (Wildman–Crippen LogP) is 2.12. The maximum atomic E-state index is 12.3. The van der Waals surface area contributed by atoms with Crippen LogP contribution < -0.4 is 5.32 Å². The molecule has 1 fully saturated rings. The van der Waals surface area contributed by atoms with Crippen LogP contribution in [0.1, 0.15) is 25.5 Å². The van der Waals surface area contributed by atoms with Crippen molar-refractivity contribution in [2.75, 3.05) is 19.6 Å². The van der Waals surface area contributed by atoms with Gasteiger partial charge in [-0.2, -0.15) is 0 Å². The average molecular weight is 358 g/mol. The van der Waals surface area contributed by atoms with E-state index in [2.05, 4.69) is 15.3 Å². The van der Waals surface area contributed by atoms with Gasteiger partial charge in [0.2, 0.25) is 11.8 Å². The molecule has 0 unspecified atom stereocenters. The monoisotopic (exact) mass is 358 g/mol. The van der Waals surface area contributed by atoms with Crippen LogP contribution >= 0.6 is 11.3 Å². The van der Waals surface area contributed by atoms with Crippen molar-refractivity contribution in [1.29, 1.82) is 0 Å². The first kappa shape index (κ1) is 17.5. The fourth-order valence-electron chi connectivity index (χ4n) is 2.98. The van der Waals surface area contributed by atoms with Gasteiger partial charge >= 0.3 is 0 Å². The maximum absolute atomic E-state index is 12.3. The van der Waals surface area contributed by atoms with Gasteiger partial charge in [-0.1, -0.05) is 0 Å². The summed E-state index contributed by atoms with van der Waals surface area (Å²) >= 11 is 1.60. The van der Waals surface area contributed by atoms with Gasteiger partial charge in [-0.3, -0.25) is 14.6 Å². The first-order valence-electron chi connectivity index (χ1n) is 8.51. The quantitative estimate of drug-likeness (QED) is 0.888. The van der Waals surface area contributed by atoms with E-state index in [4.69, 9.17) is 0 Å². The third kappa shape index (κ3) is 4.63. The molecule has 25 heavy (non-hydrogen) atoms. The fourth-order valence-corrected chi connectivity index (χ4v) is 3.84. The molecular formula is C18H22N4O2S. The molecule has 1 N–H and O–H groups in total. The van der Waals surface area contributed by atoms with Crippen LogP contribution in [0.4, 0.5) is 0 Å². The van der Waals surface area contributed by atoms with E-state index < -0.39 is 0 Å². The lowest BCUT2D eigenvalue weighted by atomic mass is 9.97. The summed E-state index contributed by atoms with van der Waals surface area (Å²) in [7, 11) is 0. The molecule has 0 bridgehead atoms. The van der Waals surface area contributed by atoms with Crippen LogP contribution in [-0.2, 0) is 16.0 Å². The van der Waals surface area contributed by atoms with E-state index >= 15 is 0 Å². The second-order valence-electron chi connectivity index (χ2n) is 6.23. The number of likely N-dealkylation sites (tertiary alicyclic amines) is 1. The van der Waals surface area contributed by atoms with Gasteiger partial charge in [-0.25, -0.2) is 4.98 Å². The molecule has 2 aromatic heterocycles. The summed E-state index contributed by atoms with van der Waals surface area (Å²) in [5.74, 6) is -0.0142. The molecule has 2 aromatic rings. The van der Waals surface area contributed by atoms with E-state index in [1.54, 1.807) is 35.6 Å². The molecular weight excluding hydrogens is 336 g/mol. The maximum Gasteiger partial charge on any atom is 0.224 e. The van der Waals surface area contributed by atoms with E-state index in [1.165, 1.54) is 0 Å². The topological polar surface area (TPSA) is 75.2 Å². The molecule has 0 radical (unpaired) electrons. The molecule has 1 aliphatic rings. The van der Waals surface area contributed by atoms with Crippen LogP contribution in [0.25, 0.3) is 10.6 Å². The fraction of sp³-hybridized carbons (Fsp3) is 0.444. The Labute approximate surface area is 151 Å². The van der Waals surface area contributed by atoms with E-state index in [0.29, 0.717) is 19.5 Å². The number of rotatable bonds is 5. The van der Waals surface area contributed by atoms with Gasteiger partial charge in [-0.15, -0.1) is 11.3 Å². The molecule has 0 saturated carbocycles. The minimum absolute atomic E-state index is 0.0375. The zero-order valence-electron chi connectivity index (χ0n) is 14.3. The summed E-state index contributed by atoms with van der Waals surface area (Å²) in [6.45, 7) is 3.41. The molecule has 0 aliphatic carbocycles. The second kappa shape index (κ2) is 8.20. The number of hydrogen-bond donors (Lipinski definition) is 1. The van der Waals surface area contributed by atoms with Crippen molar-refractivity contribution in [3.8, 4) is 10.6 Å². The zero-order valence-corrected chi connectivity index (χ0v) is 15.1. The Hall–Kier alpha value is -2.28. The summed E-state index contributed by atoms with van der Waals surface area (Å²) in [5.41, 5.74) is 2.04. The molecule has 6 nitrogen and oxygen atoms in total. The van der Waals surface area contributed by atoms with Crippen LogP contribution in [0.15, 0.2) is 29.9 Å². The highest BCUT2D eigenvalue weighted by Crippen LogP contribution is 2.23. The van der Waals surface area contributed by atoms with Gasteiger partial charge in [0.1, 0.15) is 5.01 Å². The molecule has 0 spiro atoms. The van der Waals surface area contributed by atoms with E-state index in [9.17, 15) is 9.59 Å². The average Bonchev–Trinajstić information content (AvgIpc) is 3.11. The molecule has 3 heterocycles. The van der Waals surface area contributed by atoms with Gasteiger partial charge in [0, 0.05) is 56.3 Å². The van der Waals surface area contributed by atoms with E-state index in [1.807, 2.05) is 17.5 Å². The summed E-state index contributed by atoms with van der Waals surface area (Å²) in [6, 6.07) is 3.88. The van der Waals surface area contributed by atoms with E-state index in [0.717, 1.165) is 35.7 Å². The Bertz CT molecular complexity index is 732. The summed E-state index contributed by atoms with van der Waals surface area (Å²) in [5, 5.41) is 5.98. The Kier molecular flexibility index (Phi) is 5.75. The minimum Gasteiger partial charge on any atom is -0.355 e. The van der Waals surface area contributed by atoms with Crippen molar-refractivity contribution >= 4 is 23.2 Å². The molecule has 1 atom stereocenters. The van der Waals surface area contributed by atoms with Crippen LogP contribution in [0, 0.1) is 5.92 Å². The number of carbonyl (C=O) groups is 2. The Morgan fingerprint density at radius 1 is 1.36 bits per heavy atom. The first-order chi connectivity index (χ1) is 12.1. The van der Waals surface area contributed by atoms with Crippen LogP contribution in [0.3, 0.4) is 0 Å². The highest BCUT2D eigenvalue weighted by Gasteiger charge is 2.26. The molecule has 0 aromatic carbocycles. The molecule has 7 heteroatoms. The van der Waals surface area contributed by atoms with Crippen molar-refractivity contribution in [1.82, 2.24) is 20.2 Å². The Morgan fingerprint density at radius 3 is 2.92 bits per heavy atom. The number of thiazole rings is 1. The minimum atomic E-state index is -0.0968. The lowest BCUT2D eigenvalue weighted by molar-refractivity contribution is -0.133.